The van der Waals surface area contributed by atoms with Gasteiger partial charge in [-0.2, -0.15) is 0 Å². The Morgan fingerprint density at radius 2 is 1.56 bits per heavy atom. The highest BCUT2D eigenvalue weighted by Crippen LogP contribution is 2.14. The van der Waals surface area contributed by atoms with Crippen molar-refractivity contribution in [3.05, 3.63) is 66.2 Å². The van der Waals surface area contributed by atoms with Crippen molar-refractivity contribution in [2.75, 3.05) is 25.0 Å². The Hall–Kier alpha value is -3.35. The van der Waals surface area contributed by atoms with Gasteiger partial charge in [-0.1, -0.05) is 48.5 Å². The number of anilines is 1. The number of carboxylic acids is 1. The molecule has 0 unspecified atom stereocenters. The number of carboxylic acid groups (broad SMARTS) is 1. The zero-order chi connectivity index (χ0) is 19.6. The van der Waals surface area contributed by atoms with Crippen molar-refractivity contribution >= 4 is 23.6 Å². The quantitative estimate of drug-likeness (QED) is 0.747. The molecule has 0 fully saturated rings. The smallest absolute Gasteiger partial charge is 0.323 e. The number of rotatable bonds is 8. The molecule has 0 aliphatic carbocycles. The molecule has 2 rings (SSSR count). The Balaban J connectivity index is 1.85. The normalized spacial score (nSPS) is 10.1. The van der Waals surface area contributed by atoms with Crippen LogP contribution >= 0.6 is 0 Å². The first kappa shape index (κ1) is 20.0. The van der Waals surface area contributed by atoms with E-state index >= 15 is 0 Å². The summed E-state index contributed by atoms with van der Waals surface area (Å²) in [6.45, 7) is 0.153. The minimum Gasteiger partial charge on any atom is -0.480 e. The maximum Gasteiger partial charge on any atom is 0.323 e. The van der Waals surface area contributed by atoms with E-state index in [-0.39, 0.29) is 24.9 Å². The summed E-state index contributed by atoms with van der Waals surface area (Å²) in [6, 6.07) is 17.9. The Morgan fingerprint density at radius 3 is 2.15 bits per heavy atom. The second-order valence-corrected chi connectivity index (χ2v) is 6.03. The zero-order valence-electron chi connectivity index (χ0n) is 15.2. The molecule has 2 aromatic rings. The molecule has 0 atom stereocenters. The van der Waals surface area contributed by atoms with Crippen LogP contribution in [-0.4, -0.2) is 48.1 Å². The van der Waals surface area contributed by atoms with Crippen molar-refractivity contribution in [3.63, 3.8) is 0 Å². The molecule has 2 aromatic carbocycles. The Morgan fingerprint density at radius 1 is 0.963 bits per heavy atom. The molecule has 0 spiro atoms. The van der Waals surface area contributed by atoms with Gasteiger partial charge in [0.2, 0.25) is 5.91 Å². The number of para-hydroxylation sites is 1. The third-order valence-corrected chi connectivity index (χ3v) is 3.89. The van der Waals surface area contributed by atoms with Gasteiger partial charge in [-0.25, -0.2) is 4.79 Å². The van der Waals surface area contributed by atoms with Crippen molar-refractivity contribution in [2.24, 2.45) is 0 Å². The molecule has 2 N–H and O–H groups in total. The van der Waals surface area contributed by atoms with E-state index in [2.05, 4.69) is 5.32 Å². The summed E-state index contributed by atoms with van der Waals surface area (Å²) in [5.41, 5.74) is 1.51. The molecular formula is C20H23N3O4. The summed E-state index contributed by atoms with van der Waals surface area (Å²) in [5.74, 6) is -1.46. The van der Waals surface area contributed by atoms with Crippen LogP contribution in [-0.2, 0) is 16.1 Å². The lowest BCUT2D eigenvalue weighted by atomic mass is 10.2. The van der Waals surface area contributed by atoms with Crippen LogP contribution in [0, 0.1) is 0 Å². The molecule has 142 valence electrons. The van der Waals surface area contributed by atoms with E-state index in [0.29, 0.717) is 12.2 Å². The fraction of sp³-hybridized carbons (Fsp3) is 0.250. The molecule has 0 aliphatic rings. The van der Waals surface area contributed by atoms with E-state index in [1.807, 2.05) is 30.3 Å². The van der Waals surface area contributed by atoms with Gasteiger partial charge in [0.1, 0.15) is 6.54 Å². The largest absolute Gasteiger partial charge is 0.480 e. The lowest BCUT2D eigenvalue weighted by Gasteiger charge is -2.22. The number of aliphatic carboxylic acids is 1. The van der Waals surface area contributed by atoms with Crippen molar-refractivity contribution in [1.82, 2.24) is 10.2 Å². The van der Waals surface area contributed by atoms with Gasteiger partial charge in [-0.15, -0.1) is 0 Å². The van der Waals surface area contributed by atoms with Crippen LogP contribution in [0.5, 0.6) is 0 Å². The van der Waals surface area contributed by atoms with Gasteiger partial charge >= 0.3 is 12.0 Å². The third kappa shape index (κ3) is 6.47. The van der Waals surface area contributed by atoms with Gasteiger partial charge in [0, 0.05) is 32.2 Å². The number of amides is 3. The minimum absolute atomic E-state index is 0.00703. The fourth-order valence-corrected chi connectivity index (χ4v) is 2.54. The summed E-state index contributed by atoms with van der Waals surface area (Å²) >= 11 is 0. The first-order valence-electron chi connectivity index (χ1n) is 8.57. The Kier molecular flexibility index (Phi) is 7.37. The van der Waals surface area contributed by atoms with Crippen LogP contribution in [0.4, 0.5) is 10.5 Å². The van der Waals surface area contributed by atoms with Gasteiger partial charge in [0.25, 0.3) is 0 Å². The highest BCUT2D eigenvalue weighted by molar-refractivity contribution is 5.97. The number of urea groups is 1. The van der Waals surface area contributed by atoms with E-state index < -0.39 is 12.5 Å². The zero-order valence-corrected chi connectivity index (χ0v) is 15.2. The molecule has 3 amide bonds. The molecule has 7 nitrogen and oxygen atoms in total. The summed E-state index contributed by atoms with van der Waals surface area (Å²) in [4.78, 5) is 38.3. The van der Waals surface area contributed by atoms with E-state index in [9.17, 15) is 14.4 Å². The van der Waals surface area contributed by atoms with Gasteiger partial charge in [0.15, 0.2) is 0 Å². The second kappa shape index (κ2) is 9.96. The van der Waals surface area contributed by atoms with E-state index in [4.69, 9.17) is 5.11 Å². The summed E-state index contributed by atoms with van der Waals surface area (Å²) in [6.07, 6.45) is 0.00703. The van der Waals surface area contributed by atoms with E-state index in [1.54, 1.807) is 37.4 Å². The molecule has 0 heterocycles. The maximum absolute atomic E-state index is 12.4. The highest BCUT2D eigenvalue weighted by atomic mass is 16.4. The molecule has 0 aliphatic heterocycles. The monoisotopic (exact) mass is 369 g/mol. The number of nitrogens with zero attached hydrogens (tertiary/aromatic N) is 2. The fourth-order valence-electron chi connectivity index (χ4n) is 2.54. The standard InChI is InChI=1S/C20H23N3O4/c1-22(14-16-8-4-2-5-9-16)20(27)21-13-12-18(24)23(15-19(25)26)17-10-6-3-7-11-17/h2-11H,12-15H2,1H3,(H,21,27)(H,25,26). The number of hydrogen-bond donors (Lipinski definition) is 2. The number of benzene rings is 2. The van der Waals surface area contributed by atoms with Crippen molar-refractivity contribution in [1.29, 1.82) is 0 Å². The van der Waals surface area contributed by atoms with Crippen molar-refractivity contribution in [2.45, 2.75) is 13.0 Å². The molecule has 0 radical (unpaired) electrons. The lowest BCUT2D eigenvalue weighted by molar-refractivity contribution is -0.136. The molecule has 0 saturated heterocycles. The second-order valence-electron chi connectivity index (χ2n) is 6.03. The molecule has 27 heavy (non-hydrogen) atoms. The topological polar surface area (TPSA) is 90.0 Å². The van der Waals surface area contributed by atoms with E-state index in [1.165, 1.54) is 9.80 Å². The Labute approximate surface area is 158 Å². The van der Waals surface area contributed by atoms with Crippen LogP contribution in [0.25, 0.3) is 0 Å². The summed E-state index contributed by atoms with van der Waals surface area (Å²) in [7, 11) is 1.67. The average Bonchev–Trinajstić information content (AvgIpc) is 2.67. The van der Waals surface area contributed by atoms with Gasteiger partial charge in [-0.05, 0) is 17.7 Å². The molecule has 7 heteroatoms. The number of carbonyl (C=O) groups is 3. The predicted molar refractivity (Wildman–Crippen MR) is 102 cm³/mol. The molecule has 0 bridgehead atoms. The van der Waals surface area contributed by atoms with Gasteiger partial charge < -0.3 is 20.2 Å². The number of carbonyl (C=O) groups excluding carboxylic acids is 2. The third-order valence-electron chi connectivity index (χ3n) is 3.89. The van der Waals surface area contributed by atoms with Gasteiger partial charge in [0.05, 0.1) is 0 Å². The van der Waals surface area contributed by atoms with Crippen LogP contribution in [0.15, 0.2) is 60.7 Å². The molecule has 0 saturated carbocycles. The maximum atomic E-state index is 12.4. The van der Waals surface area contributed by atoms with Crippen LogP contribution in [0.2, 0.25) is 0 Å². The summed E-state index contributed by atoms with van der Waals surface area (Å²) < 4.78 is 0. The van der Waals surface area contributed by atoms with Crippen LogP contribution in [0.3, 0.4) is 0 Å². The average molecular weight is 369 g/mol. The predicted octanol–water partition coefficient (Wildman–Crippen LogP) is 2.34. The van der Waals surface area contributed by atoms with Crippen molar-refractivity contribution in [3.8, 4) is 0 Å². The number of hydrogen-bond acceptors (Lipinski definition) is 3. The van der Waals surface area contributed by atoms with E-state index in [0.717, 1.165) is 5.56 Å². The van der Waals surface area contributed by atoms with Crippen molar-refractivity contribution < 1.29 is 19.5 Å². The number of nitrogens with one attached hydrogen (secondary N) is 1. The first-order valence-corrected chi connectivity index (χ1v) is 8.57. The first-order chi connectivity index (χ1) is 13.0. The highest BCUT2D eigenvalue weighted by Gasteiger charge is 2.19. The molecular weight excluding hydrogens is 346 g/mol. The minimum atomic E-state index is -1.10. The Bertz CT molecular complexity index is 765. The van der Waals surface area contributed by atoms with Crippen LogP contribution in [0.1, 0.15) is 12.0 Å². The molecule has 0 aromatic heterocycles. The van der Waals surface area contributed by atoms with Crippen LogP contribution < -0.4 is 10.2 Å². The van der Waals surface area contributed by atoms with Gasteiger partial charge in [-0.3, -0.25) is 9.59 Å². The lowest BCUT2D eigenvalue weighted by Crippen LogP contribution is -2.40. The SMILES string of the molecule is CN(Cc1ccccc1)C(=O)NCCC(=O)N(CC(=O)O)c1ccccc1. The summed E-state index contributed by atoms with van der Waals surface area (Å²) in [5, 5.41) is 11.7.